The Hall–Kier alpha value is -1.09. The third-order valence-corrected chi connectivity index (χ3v) is 5.00. The number of anilines is 1. The third kappa shape index (κ3) is 2.25. The quantitative estimate of drug-likeness (QED) is 0.838. The van der Waals surface area contributed by atoms with Crippen LogP contribution >= 0.6 is 12.2 Å². The minimum Gasteiger partial charge on any atom is -0.389 e. The van der Waals surface area contributed by atoms with Gasteiger partial charge in [-0.05, 0) is 50.2 Å². The minimum atomic E-state index is 0.527. The average molecular weight is 274 g/mol. The van der Waals surface area contributed by atoms with Crippen molar-refractivity contribution in [3.05, 3.63) is 29.3 Å². The zero-order chi connectivity index (χ0) is 13.4. The van der Waals surface area contributed by atoms with Crippen LogP contribution in [0.25, 0.3) is 0 Å². The van der Waals surface area contributed by atoms with E-state index in [1.807, 2.05) is 0 Å². The van der Waals surface area contributed by atoms with E-state index < -0.39 is 0 Å². The van der Waals surface area contributed by atoms with E-state index in [0.717, 1.165) is 18.0 Å². The van der Waals surface area contributed by atoms with Gasteiger partial charge in [-0.25, -0.2) is 0 Å². The predicted octanol–water partition coefficient (Wildman–Crippen LogP) is 3.40. The lowest BCUT2D eigenvalue weighted by Crippen LogP contribution is -2.43. The molecule has 0 aromatic heterocycles. The van der Waals surface area contributed by atoms with Crippen molar-refractivity contribution in [2.75, 3.05) is 11.4 Å². The van der Waals surface area contributed by atoms with Crippen LogP contribution in [-0.2, 0) is 0 Å². The molecule has 2 nitrogen and oxygen atoms in total. The summed E-state index contributed by atoms with van der Waals surface area (Å²) in [6.45, 7) is 3.33. The molecule has 2 atom stereocenters. The van der Waals surface area contributed by atoms with E-state index in [2.05, 4.69) is 30.0 Å². The van der Waals surface area contributed by atoms with Crippen molar-refractivity contribution in [2.45, 2.75) is 45.1 Å². The number of benzene rings is 1. The Morgan fingerprint density at radius 3 is 2.84 bits per heavy atom. The van der Waals surface area contributed by atoms with E-state index in [0.29, 0.717) is 11.0 Å². The molecule has 2 N–H and O–H groups in total. The van der Waals surface area contributed by atoms with Gasteiger partial charge in [0.05, 0.1) is 5.69 Å². The molecule has 0 amide bonds. The molecule has 3 heteroatoms. The first-order valence-corrected chi connectivity index (χ1v) is 7.75. The van der Waals surface area contributed by atoms with Crippen molar-refractivity contribution in [2.24, 2.45) is 11.7 Å². The predicted molar refractivity (Wildman–Crippen MR) is 84.8 cm³/mol. The lowest BCUT2D eigenvalue weighted by molar-refractivity contribution is 0.362. The molecule has 1 heterocycles. The molecule has 0 bridgehead atoms. The average Bonchev–Trinajstić information content (AvgIpc) is 2.86. The highest BCUT2D eigenvalue weighted by Gasteiger charge is 2.36. The molecule has 19 heavy (non-hydrogen) atoms. The van der Waals surface area contributed by atoms with E-state index in [9.17, 15) is 0 Å². The van der Waals surface area contributed by atoms with Crippen molar-refractivity contribution >= 4 is 22.9 Å². The zero-order valence-corrected chi connectivity index (χ0v) is 12.4. The maximum atomic E-state index is 5.93. The van der Waals surface area contributed by atoms with Crippen LogP contribution in [0, 0.1) is 12.8 Å². The fraction of sp³-hybridized carbons (Fsp3) is 0.562. The summed E-state index contributed by atoms with van der Waals surface area (Å²) in [4.78, 5) is 3.13. The van der Waals surface area contributed by atoms with Gasteiger partial charge in [0, 0.05) is 18.2 Å². The Morgan fingerprint density at radius 1 is 1.26 bits per heavy atom. The van der Waals surface area contributed by atoms with Gasteiger partial charge in [0.2, 0.25) is 0 Å². The Morgan fingerprint density at radius 2 is 2.05 bits per heavy atom. The van der Waals surface area contributed by atoms with Crippen LogP contribution in [0.2, 0.25) is 0 Å². The number of hydrogen-bond acceptors (Lipinski definition) is 2. The number of fused-ring (bicyclic) bond motifs is 1. The van der Waals surface area contributed by atoms with Gasteiger partial charge in [0.25, 0.3) is 0 Å². The van der Waals surface area contributed by atoms with Crippen LogP contribution in [0.4, 0.5) is 5.69 Å². The maximum Gasteiger partial charge on any atom is 0.106 e. The molecule has 0 radical (unpaired) electrons. The summed E-state index contributed by atoms with van der Waals surface area (Å²) in [5, 5.41) is 0. The van der Waals surface area contributed by atoms with Crippen LogP contribution in [0.15, 0.2) is 18.2 Å². The van der Waals surface area contributed by atoms with E-state index >= 15 is 0 Å². The maximum absolute atomic E-state index is 5.93. The fourth-order valence-corrected chi connectivity index (χ4v) is 4.14. The van der Waals surface area contributed by atoms with E-state index in [4.69, 9.17) is 18.0 Å². The second-order valence-electron chi connectivity index (χ2n) is 5.93. The molecule has 1 aliphatic heterocycles. The second-order valence-corrected chi connectivity index (χ2v) is 6.37. The topological polar surface area (TPSA) is 29.3 Å². The summed E-state index contributed by atoms with van der Waals surface area (Å²) >= 11 is 5.25. The Kier molecular flexibility index (Phi) is 3.48. The van der Waals surface area contributed by atoms with Crippen molar-refractivity contribution in [3.63, 3.8) is 0 Å². The van der Waals surface area contributed by atoms with E-state index in [-0.39, 0.29) is 0 Å². The molecule has 1 aromatic carbocycles. The van der Waals surface area contributed by atoms with Crippen LogP contribution in [0.1, 0.15) is 43.2 Å². The second kappa shape index (κ2) is 5.12. The number of rotatable bonds is 2. The van der Waals surface area contributed by atoms with Crippen LogP contribution in [-0.4, -0.2) is 17.6 Å². The minimum absolute atomic E-state index is 0.527. The number of nitrogens with two attached hydrogens (primary N) is 1. The smallest absolute Gasteiger partial charge is 0.106 e. The number of thiocarbonyl (C=S) groups is 1. The van der Waals surface area contributed by atoms with Gasteiger partial charge >= 0.3 is 0 Å². The van der Waals surface area contributed by atoms with Crippen LogP contribution < -0.4 is 10.6 Å². The van der Waals surface area contributed by atoms with Gasteiger partial charge in [-0.2, -0.15) is 0 Å². The van der Waals surface area contributed by atoms with Crippen molar-refractivity contribution in [1.29, 1.82) is 0 Å². The Labute approximate surface area is 121 Å². The van der Waals surface area contributed by atoms with Gasteiger partial charge < -0.3 is 10.6 Å². The standard InChI is InChI=1S/C16H22N2S/c1-11-5-2-8-13(16(17)19)15(11)18-10-4-7-12-6-3-9-14(12)18/h2,5,8,12,14H,3-4,6-7,9-10H2,1H3,(H2,17,19). The van der Waals surface area contributed by atoms with Crippen LogP contribution in [0.3, 0.4) is 0 Å². The monoisotopic (exact) mass is 274 g/mol. The summed E-state index contributed by atoms with van der Waals surface area (Å²) in [5.74, 6) is 0.882. The molecule has 2 aliphatic rings. The van der Waals surface area contributed by atoms with Gasteiger partial charge in [-0.3, -0.25) is 0 Å². The lowest BCUT2D eigenvalue weighted by atomic mass is 9.90. The van der Waals surface area contributed by atoms with Gasteiger partial charge in [0.15, 0.2) is 0 Å². The highest BCUT2D eigenvalue weighted by atomic mass is 32.1. The first-order valence-electron chi connectivity index (χ1n) is 7.34. The fourth-order valence-electron chi connectivity index (χ4n) is 3.97. The summed E-state index contributed by atoms with van der Waals surface area (Å²) in [6, 6.07) is 7.02. The molecule has 0 spiro atoms. The van der Waals surface area contributed by atoms with Crippen LogP contribution in [0.5, 0.6) is 0 Å². The SMILES string of the molecule is Cc1cccc(C(N)=S)c1N1CCCC2CCCC21. The highest BCUT2D eigenvalue weighted by Crippen LogP contribution is 2.41. The van der Waals surface area contributed by atoms with Gasteiger partial charge in [0.1, 0.15) is 4.99 Å². The molecular weight excluding hydrogens is 252 g/mol. The Bertz CT molecular complexity index is 498. The van der Waals surface area contributed by atoms with Crippen molar-refractivity contribution in [1.82, 2.24) is 0 Å². The molecule has 102 valence electrons. The van der Waals surface area contributed by atoms with E-state index in [1.165, 1.54) is 43.4 Å². The number of aryl methyl sites for hydroxylation is 1. The molecule has 2 fully saturated rings. The normalized spacial score (nSPS) is 26.3. The van der Waals surface area contributed by atoms with Crippen molar-refractivity contribution < 1.29 is 0 Å². The first-order chi connectivity index (χ1) is 9.18. The molecule has 1 saturated heterocycles. The number of nitrogens with zero attached hydrogens (tertiary/aromatic N) is 1. The number of hydrogen-bond donors (Lipinski definition) is 1. The number of piperidine rings is 1. The van der Waals surface area contributed by atoms with Gasteiger partial charge in [-0.15, -0.1) is 0 Å². The summed E-state index contributed by atoms with van der Waals surface area (Å²) in [6.07, 6.45) is 6.80. The summed E-state index contributed by atoms with van der Waals surface area (Å²) < 4.78 is 0. The Balaban J connectivity index is 2.03. The molecule has 1 saturated carbocycles. The number of para-hydroxylation sites is 1. The zero-order valence-electron chi connectivity index (χ0n) is 11.6. The lowest BCUT2D eigenvalue weighted by Gasteiger charge is -2.41. The summed E-state index contributed by atoms with van der Waals surface area (Å²) in [5.41, 5.74) is 9.59. The molecule has 1 aromatic rings. The van der Waals surface area contributed by atoms with Crippen molar-refractivity contribution in [3.8, 4) is 0 Å². The van der Waals surface area contributed by atoms with Gasteiger partial charge in [-0.1, -0.05) is 30.8 Å². The molecule has 2 unspecified atom stereocenters. The highest BCUT2D eigenvalue weighted by molar-refractivity contribution is 7.80. The largest absolute Gasteiger partial charge is 0.389 e. The molecule has 3 rings (SSSR count). The molecular formula is C16H22N2S. The molecule has 1 aliphatic carbocycles. The van der Waals surface area contributed by atoms with E-state index in [1.54, 1.807) is 0 Å². The third-order valence-electron chi connectivity index (χ3n) is 4.78. The first kappa shape index (κ1) is 12.9. The summed E-state index contributed by atoms with van der Waals surface area (Å²) in [7, 11) is 0.